The molecule has 86 valence electrons. The van der Waals surface area contributed by atoms with Crippen molar-refractivity contribution in [1.82, 2.24) is 0 Å². The van der Waals surface area contributed by atoms with E-state index in [2.05, 4.69) is 0 Å². The molecule has 0 aromatic heterocycles. The molecule has 0 unspecified atom stereocenters. The summed E-state index contributed by atoms with van der Waals surface area (Å²) in [6.07, 6.45) is -4.88. The Morgan fingerprint density at radius 1 is 1.31 bits per heavy atom. The van der Waals surface area contributed by atoms with E-state index in [0.717, 1.165) is 12.1 Å². The van der Waals surface area contributed by atoms with Crippen molar-refractivity contribution >= 4 is 18.3 Å². The first-order valence-corrected chi connectivity index (χ1v) is 3.95. The molecular weight excluding hydrogens is 230 g/mol. The smallest absolute Gasteiger partial charge is 0.423 e. The number of hydrogen-bond acceptors (Lipinski definition) is 4. The highest BCUT2D eigenvalue weighted by atomic mass is 19.4. The predicted molar refractivity (Wildman–Crippen MR) is 47.9 cm³/mol. The second kappa shape index (κ2) is 4.10. The van der Waals surface area contributed by atoms with Crippen LogP contribution < -0.4 is 5.46 Å². The van der Waals surface area contributed by atoms with Crippen molar-refractivity contribution in [3.63, 3.8) is 0 Å². The van der Waals surface area contributed by atoms with Gasteiger partial charge >= 0.3 is 13.3 Å². The van der Waals surface area contributed by atoms with E-state index >= 15 is 0 Å². The Morgan fingerprint density at radius 3 is 2.25 bits per heavy atom. The van der Waals surface area contributed by atoms with Crippen molar-refractivity contribution in [2.75, 3.05) is 0 Å². The summed E-state index contributed by atoms with van der Waals surface area (Å²) >= 11 is 0. The van der Waals surface area contributed by atoms with Gasteiger partial charge in [0.2, 0.25) is 0 Å². The molecule has 0 saturated heterocycles. The molecule has 16 heavy (non-hydrogen) atoms. The summed E-state index contributed by atoms with van der Waals surface area (Å²) in [5.41, 5.74) is -3.57. The fourth-order valence-corrected chi connectivity index (χ4v) is 1.23. The van der Waals surface area contributed by atoms with Gasteiger partial charge in [0.1, 0.15) is 0 Å². The molecule has 1 aromatic rings. The number of nitrogens with zero attached hydrogens (tertiary/aromatic N) is 1. The summed E-state index contributed by atoms with van der Waals surface area (Å²) in [5.74, 6) is 0. The number of benzene rings is 1. The molecule has 0 aliphatic rings. The fraction of sp³-hybridized carbons (Fsp3) is 0.143. The first-order valence-electron chi connectivity index (χ1n) is 3.95. The maximum Gasteiger partial charge on any atom is 0.496 e. The van der Waals surface area contributed by atoms with Crippen molar-refractivity contribution in [2.45, 2.75) is 6.18 Å². The molecule has 0 saturated carbocycles. The standard InChI is InChI=1S/C7H5BF3NO4/c9-7(10,11)4-2-1-3-5(12(15)16)6(4)8(13)14/h1-3,13-14H. The van der Waals surface area contributed by atoms with Gasteiger partial charge in [-0.2, -0.15) is 13.2 Å². The molecule has 2 N–H and O–H groups in total. The molecule has 1 aromatic carbocycles. The number of hydrogen-bond donors (Lipinski definition) is 2. The SMILES string of the molecule is O=[N+]([O-])c1cccc(C(F)(F)F)c1B(O)O. The van der Waals surface area contributed by atoms with Crippen molar-refractivity contribution in [3.05, 3.63) is 33.9 Å². The Balaban J connectivity index is 3.51. The van der Waals surface area contributed by atoms with Gasteiger partial charge in [-0.15, -0.1) is 0 Å². The quantitative estimate of drug-likeness (QED) is 0.438. The van der Waals surface area contributed by atoms with Crippen LogP contribution in [0.3, 0.4) is 0 Å². The van der Waals surface area contributed by atoms with Crippen molar-refractivity contribution in [3.8, 4) is 0 Å². The molecule has 0 bridgehead atoms. The molecule has 0 radical (unpaired) electrons. The number of nitro benzene ring substituents is 1. The van der Waals surface area contributed by atoms with E-state index in [-0.39, 0.29) is 0 Å². The topological polar surface area (TPSA) is 83.6 Å². The minimum absolute atomic E-state index is 0.543. The summed E-state index contributed by atoms with van der Waals surface area (Å²) in [6, 6.07) is 2.14. The molecule has 1 rings (SSSR count). The molecule has 0 atom stereocenters. The Hall–Kier alpha value is -1.61. The van der Waals surface area contributed by atoms with Crippen LogP contribution in [0.25, 0.3) is 0 Å². The number of rotatable bonds is 2. The van der Waals surface area contributed by atoms with Gasteiger partial charge in [-0.05, 0) is 6.07 Å². The minimum atomic E-state index is -4.88. The van der Waals surface area contributed by atoms with Crippen LogP contribution in [0.4, 0.5) is 18.9 Å². The highest BCUT2D eigenvalue weighted by Gasteiger charge is 2.40. The monoisotopic (exact) mass is 235 g/mol. The van der Waals surface area contributed by atoms with Crippen LogP contribution in [0.2, 0.25) is 0 Å². The zero-order chi connectivity index (χ0) is 12.5. The molecule has 0 amide bonds. The van der Waals surface area contributed by atoms with Crippen LogP contribution in [0, 0.1) is 10.1 Å². The molecule has 5 nitrogen and oxygen atoms in total. The fourth-order valence-electron chi connectivity index (χ4n) is 1.23. The Labute approximate surface area is 87.4 Å². The van der Waals surface area contributed by atoms with Crippen molar-refractivity contribution in [2.24, 2.45) is 0 Å². The third-order valence-corrected chi connectivity index (χ3v) is 1.84. The third-order valence-electron chi connectivity index (χ3n) is 1.84. The van der Waals surface area contributed by atoms with Crippen LogP contribution in [-0.2, 0) is 6.18 Å². The third kappa shape index (κ3) is 2.31. The molecular formula is C7H5BF3NO4. The number of halogens is 3. The van der Waals surface area contributed by atoms with Gasteiger partial charge in [0.15, 0.2) is 0 Å². The zero-order valence-electron chi connectivity index (χ0n) is 7.60. The largest absolute Gasteiger partial charge is 0.496 e. The average molecular weight is 235 g/mol. The highest BCUT2D eigenvalue weighted by Crippen LogP contribution is 2.29. The average Bonchev–Trinajstić information content (AvgIpc) is 2.14. The summed E-state index contributed by atoms with van der Waals surface area (Å²) in [4.78, 5) is 9.31. The summed E-state index contributed by atoms with van der Waals surface area (Å²) in [5, 5.41) is 27.9. The molecule has 0 aliphatic carbocycles. The lowest BCUT2D eigenvalue weighted by molar-refractivity contribution is -0.383. The van der Waals surface area contributed by atoms with Gasteiger partial charge in [0, 0.05) is 6.07 Å². The Morgan fingerprint density at radius 2 is 1.88 bits per heavy atom. The second-order valence-electron chi connectivity index (χ2n) is 2.87. The van der Waals surface area contributed by atoms with E-state index in [9.17, 15) is 23.3 Å². The van der Waals surface area contributed by atoms with E-state index in [1.807, 2.05) is 0 Å². The number of nitro groups is 1. The van der Waals surface area contributed by atoms with Crippen LogP contribution in [0.1, 0.15) is 5.56 Å². The Kier molecular flexibility index (Phi) is 3.20. The molecule has 0 fully saturated rings. The predicted octanol–water partition coefficient (Wildman–Crippen LogP) is 0.293. The summed E-state index contributed by atoms with van der Waals surface area (Å²) in [6.45, 7) is 0. The molecule has 0 aliphatic heterocycles. The van der Waals surface area contributed by atoms with E-state index < -0.39 is 34.9 Å². The van der Waals surface area contributed by atoms with E-state index in [1.54, 1.807) is 0 Å². The minimum Gasteiger partial charge on any atom is -0.423 e. The highest BCUT2D eigenvalue weighted by molar-refractivity contribution is 6.60. The Bertz CT molecular complexity index is 421. The summed E-state index contributed by atoms with van der Waals surface area (Å²) < 4.78 is 37.2. The maximum absolute atomic E-state index is 12.4. The van der Waals surface area contributed by atoms with Gasteiger partial charge in [-0.25, -0.2) is 0 Å². The van der Waals surface area contributed by atoms with E-state index in [1.165, 1.54) is 0 Å². The van der Waals surface area contributed by atoms with E-state index in [0.29, 0.717) is 6.07 Å². The van der Waals surface area contributed by atoms with Gasteiger partial charge < -0.3 is 10.0 Å². The molecule has 9 heteroatoms. The first-order chi connectivity index (χ1) is 7.25. The first kappa shape index (κ1) is 12.5. The lowest BCUT2D eigenvalue weighted by atomic mass is 9.75. The van der Waals surface area contributed by atoms with Gasteiger partial charge in [-0.3, -0.25) is 10.1 Å². The molecule has 0 heterocycles. The van der Waals surface area contributed by atoms with Crippen LogP contribution in [-0.4, -0.2) is 22.1 Å². The summed E-state index contributed by atoms with van der Waals surface area (Å²) in [7, 11) is -2.56. The van der Waals surface area contributed by atoms with E-state index in [4.69, 9.17) is 10.0 Å². The van der Waals surface area contributed by atoms with Crippen LogP contribution >= 0.6 is 0 Å². The van der Waals surface area contributed by atoms with Gasteiger partial charge in [0.25, 0.3) is 5.69 Å². The van der Waals surface area contributed by atoms with Crippen molar-refractivity contribution < 1.29 is 28.1 Å². The lowest BCUT2D eigenvalue weighted by Crippen LogP contribution is -2.37. The second-order valence-corrected chi connectivity index (χ2v) is 2.87. The van der Waals surface area contributed by atoms with Crippen LogP contribution in [0.5, 0.6) is 0 Å². The molecule has 0 spiro atoms. The van der Waals surface area contributed by atoms with Gasteiger partial charge in [-0.1, -0.05) is 6.07 Å². The van der Waals surface area contributed by atoms with Crippen LogP contribution in [0.15, 0.2) is 18.2 Å². The van der Waals surface area contributed by atoms with Crippen molar-refractivity contribution in [1.29, 1.82) is 0 Å². The maximum atomic E-state index is 12.4. The normalized spacial score (nSPS) is 11.3. The van der Waals surface area contributed by atoms with Gasteiger partial charge in [0.05, 0.1) is 15.9 Å². The lowest BCUT2D eigenvalue weighted by Gasteiger charge is -2.11. The number of alkyl halides is 3. The zero-order valence-corrected chi connectivity index (χ0v) is 7.60.